The van der Waals surface area contributed by atoms with E-state index in [1.807, 2.05) is 0 Å². The van der Waals surface area contributed by atoms with Crippen molar-refractivity contribution in [2.75, 3.05) is 7.11 Å². The number of halogens is 3. The van der Waals surface area contributed by atoms with Crippen LogP contribution < -0.4 is 10.3 Å². The minimum absolute atomic E-state index is 0.0875. The molecule has 5 nitrogen and oxygen atoms in total. The van der Waals surface area contributed by atoms with Crippen LogP contribution >= 0.6 is 0 Å². The molecule has 0 spiro atoms. The Morgan fingerprint density at radius 3 is 2.38 bits per heavy atom. The third kappa shape index (κ3) is 3.94. The van der Waals surface area contributed by atoms with Crippen molar-refractivity contribution < 1.29 is 23.0 Å². The molecule has 0 aliphatic rings. The molecule has 1 heterocycles. The fourth-order valence-electron chi connectivity index (χ4n) is 3.31. The molecular weight excluding hydrogens is 421 g/mol. The average molecular weight is 438 g/mol. The Kier molecular flexibility index (Phi) is 5.44. The van der Waals surface area contributed by atoms with Crippen molar-refractivity contribution in [3.05, 3.63) is 94.0 Å². The van der Waals surface area contributed by atoms with Crippen LogP contribution in [0.3, 0.4) is 0 Å². The molecular formula is C24H17F3N2O3. The Morgan fingerprint density at radius 2 is 1.69 bits per heavy atom. The van der Waals surface area contributed by atoms with Gasteiger partial charge in [-0.25, -0.2) is 4.98 Å². The van der Waals surface area contributed by atoms with Gasteiger partial charge in [0.2, 0.25) is 0 Å². The van der Waals surface area contributed by atoms with Gasteiger partial charge < -0.3 is 9.84 Å². The Morgan fingerprint density at radius 1 is 0.969 bits per heavy atom. The van der Waals surface area contributed by atoms with Gasteiger partial charge in [0.25, 0.3) is 5.56 Å². The summed E-state index contributed by atoms with van der Waals surface area (Å²) in [6, 6.07) is 15.9. The number of aromatic nitrogens is 2. The zero-order valence-electron chi connectivity index (χ0n) is 16.8. The minimum atomic E-state index is -4.49. The van der Waals surface area contributed by atoms with Crippen LogP contribution in [0.15, 0.2) is 71.5 Å². The lowest BCUT2D eigenvalue weighted by Gasteiger charge is -2.13. The number of phenols is 1. The van der Waals surface area contributed by atoms with E-state index in [-0.39, 0.29) is 23.0 Å². The number of fused-ring (bicyclic) bond motifs is 1. The van der Waals surface area contributed by atoms with Crippen LogP contribution in [0, 0.1) is 0 Å². The van der Waals surface area contributed by atoms with Crippen molar-refractivity contribution in [1.29, 1.82) is 0 Å². The highest BCUT2D eigenvalue weighted by atomic mass is 19.4. The zero-order valence-corrected chi connectivity index (χ0v) is 16.8. The molecule has 0 atom stereocenters. The Balaban J connectivity index is 1.90. The van der Waals surface area contributed by atoms with Gasteiger partial charge in [-0.15, -0.1) is 0 Å². The van der Waals surface area contributed by atoms with Crippen molar-refractivity contribution in [3.8, 4) is 17.2 Å². The predicted octanol–water partition coefficient (Wildman–Crippen LogP) is 5.29. The molecule has 32 heavy (non-hydrogen) atoms. The minimum Gasteiger partial charge on any atom is -0.504 e. The number of hydrogen-bond acceptors (Lipinski definition) is 4. The van der Waals surface area contributed by atoms with Crippen molar-refractivity contribution >= 4 is 23.1 Å². The summed E-state index contributed by atoms with van der Waals surface area (Å²) in [5, 5.41) is 10.6. The lowest BCUT2D eigenvalue weighted by molar-refractivity contribution is -0.137. The van der Waals surface area contributed by atoms with Gasteiger partial charge in [0.05, 0.1) is 29.3 Å². The second-order valence-corrected chi connectivity index (χ2v) is 6.90. The van der Waals surface area contributed by atoms with E-state index in [0.717, 1.165) is 12.1 Å². The van der Waals surface area contributed by atoms with Crippen molar-refractivity contribution in [1.82, 2.24) is 9.55 Å². The Hall–Kier alpha value is -4.07. The first-order chi connectivity index (χ1) is 15.3. The SMILES string of the molecule is COc1cccc(C=Cc2nc3ccccc3c(=O)n2-c2ccc(C(F)(F)F)cc2)c1O. The highest BCUT2D eigenvalue weighted by Gasteiger charge is 2.30. The maximum absolute atomic E-state index is 13.2. The summed E-state index contributed by atoms with van der Waals surface area (Å²) in [7, 11) is 1.43. The molecule has 162 valence electrons. The van der Waals surface area contributed by atoms with E-state index in [0.29, 0.717) is 16.5 Å². The first kappa shape index (κ1) is 21.2. The fraction of sp³-hybridized carbons (Fsp3) is 0.0833. The molecule has 0 aliphatic heterocycles. The second-order valence-electron chi connectivity index (χ2n) is 6.90. The van der Waals surface area contributed by atoms with E-state index < -0.39 is 17.3 Å². The molecule has 3 aromatic carbocycles. The number of methoxy groups -OCH3 is 1. The summed E-state index contributed by atoms with van der Waals surface area (Å²) < 4.78 is 45.2. The van der Waals surface area contributed by atoms with Gasteiger partial charge in [-0.3, -0.25) is 9.36 Å². The monoisotopic (exact) mass is 438 g/mol. The largest absolute Gasteiger partial charge is 0.504 e. The molecule has 8 heteroatoms. The van der Waals surface area contributed by atoms with Crippen LogP contribution in [0.25, 0.3) is 28.7 Å². The van der Waals surface area contributed by atoms with Gasteiger partial charge in [0.15, 0.2) is 11.5 Å². The fourth-order valence-corrected chi connectivity index (χ4v) is 3.31. The Bertz CT molecular complexity index is 1370. The number of aromatic hydroxyl groups is 1. The summed E-state index contributed by atoms with van der Waals surface area (Å²) in [6.07, 6.45) is -1.42. The summed E-state index contributed by atoms with van der Waals surface area (Å²) in [5.41, 5.74) is -0.150. The molecule has 4 rings (SSSR count). The molecule has 0 bridgehead atoms. The highest BCUT2D eigenvalue weighted by Crippen LogP contribution is 2.31. The maximum atomic E-state index is 13.2. The molecule has 1 N–H and O–H groups in total. The molecule has 0 aliphatic carbocycles. The van der Waals surface area contributed by atoms with Crippen LogP contribution in [0.5, 0.6) is 11.5 Å². The molecule has 1 aromatic heterocycles. The predicted molar refractivity (Wildman–Crippen MR) is 116 cm³/mol. The number of nitrogens with zero attached hydrogens (tertiary/aromatic N) is 2. The number of hydrogen-bond donors (Lipinski definition) is 1. The summed E-state index contributed by atoms with van der Waals surface area (Å²) in [4.78, 5) is 17.7. The zero-order chi connectivity index (χ0) is 22.9. The van der Waals surface area contributed by atoms with E-state index in [2.05, 4.69) is 4.98 Å². The normalized spacial score (nSPS) is 11.9. The van der Waals surface area contributed by atoms with Crippen molar-refractivity contribution in [2.24, 2.45) is 0 Å². The number of benzene rings is 3. The molecule has 0 radical (unpaired) electrons. The molecule has 0 saturated heterocycles. The first-order valence-corrected chi connectivity index (χ1v) is 9.53. The third-order valence-electron chi connectivity index (χ3n) is 4.92. The van der Waals surface area contributed by atoms with Gasteiger partial charge in [-0.1, -0.05) is 24.3 Å². The summed E-state index contributed by atoms with van der Waals surface area (Å²) >= 11 is 0. The van der Waals surface area contributed by atoms with E-state index in [1.54, 1.807) is 48.5 Å². The van der Waals surface area contributed by atoms with Crippen LogP contribution in [0.4, 0.5) is 13.2 Å². The third-order valence-corrected chi connectivity index (χ3v) is 4.92. The summed E-state index contributed by atoms with van der Waals surface area (Å²) in [5.74, 6) is 0.380. The smallest absolute Gasteiger partial charge is 0.416 e. The average Bonchev–Trinajstić information content (AvgIpc) is 2.78. The lowest BCUT2D eigenvalue weighted by Crippen LogP contribution is -2.22. The second kappa shape index (κ2) is 8.22. The number of phenolic OH excluding ortho intramolecular Hbond substituents is 1. The van der Waals surface area contributed by atoms with Crippen LogP contribution in [0.2, 0.25) is 0 Å². The molecule has 0 unspecified atom stereocenters. The maximum Gasteiger partial charge on any atom is 0.416 e. The Labute approximate surface area is 180 Å². The van der Waals surface area contributed by atoms with Gasteiger partial charge in [0, 0.05) is 5.56 Å². The number of rotatable bonds is 4. The van der Waals surface area contributed by atoms with Crippen LogP contribution in [-0.4, -0.2) is 21.8 Å². The highest BCUT2D eigenvalue weighted by molar-refractivity contribution is 5.80. The van der Waals surface area contributed by atoms with E-state index >= 15 is 0 Å². The topological polar surface area (TPSA) is 64.3 Å². The number of alkyl halides is 3. The van der Waals surface area contributed by atoms with Gasteiger partial charge in [-0.2, -0.15) is 13.2 Å². The van der Waals surface area contributed by atoms with E-state index in [4.69, 9.17) is 4.74 Å². The van der Waals surface area contributed by atoms with E-state index in [1.165, 1.54) is 29.9 Å². The van der Waals surface area contributed by atoms with Gasteiger partial charge in [-0.05, 0) is 54.6 Å². The van der Waals surface area contributed by atoms with Crippen molar-refractivity contribution in [2.45, 2.75) is 6.18 Å². The standard InChI is InChI=1S/C24H17F3N2O3/c1-32-20-8-4-5-15(22(20)30)9-14-21-28-19-7-3-2-6-18(19)23(31)29(21)17-12-10-16(11-13-17)24(25,26)27/h2-14,30H,1H3. The molecule has 0 amide bonds. The number of para-hydroxylation sites is 2. The summed E-state index contributed by atoms with van der Waals surface area (Å²) in [6.45, 7) is 0. The molecule has 4 aromatic rings. The quantitative estimate of drug-likeness (QED) is 0.470. The molecule has 0 fully saturated rings. The van der Waals surface area contributed by atoms with Crippen LogP contribution in [0.1, 0.15) is 17.0 Å². The molecule has 0 saturated carbocycles. The first-order valence-electron chi connectivity index (χ1n) is 9.53. The number of ether oxygens (including phenoxy) is 1. The van der Waals surface area contributed by atoms with Gasteiger partial charge in [0.1, 0.15) is 5.82 Å². The lowest BCUT2D eigenvalue weighted by atomic mass is 10.1. The van der Waals surface area contributed by atoms with Crippen LogP contribution in [-0.2, 0) is 6.18 Å². The van der Waals surface area contributed by atoms with Crippen molar-refractivity contribution in [3.63, 3.8) is 0 Å². The van der Waals surface area contributed by atoms with E-state index in [9.17, 15) is 23.1 Å². The van der Waals surface area contributed by atoms with Gasteiger partial charge >= 0.3 is 6.18 Å².